The number of fused-ring (bicyclic) bond motifs is 5. The van der Waals surface area contributed by atoms with E-state index in [0.717, 1.165) is 0 Å². The monoisotopic (exact) mass is 710 g/mol. The third kappa shape index (κ3) is 8.04. The van der Waals surface area contributed by atoms with Crippen molar-refractivity contribution in [3.05, 3.63) is 124 Å². The van der Waals surface area contributed by atoms with E-state index in [0.29, 0.717) is 11.3 Å². The van der Waals surface area contributed by atoms with Gasteiger partial charge in [-0.15, -0.1) is 39.7 Å². The average Bonchev–Trinajstić information content (AvgIpc) is 3.72. The molecule has 0 nitrogen and oxygen atoms in total. The van der Waals surface area contributed by atoms with Gasteiger partial charge in [0.1, 0.15) is 0 Å². The molecular weight excluding hydrogens is 667 g/mol. The fourth-order valence-corrected chi connectivity index (χ4v) is 6.62. The molecule has 4 aromatic rings. The maximum atomic E-state index is 3.35. The number of hydrogen-bond acceptors (Lipinski definition) is 0. The summed E-state index contributed by atoms with van der Waals surface area (Å²) in [6, 6.07) is 22.4. The van der Waals surface area contributed by atoms with Crippen LogP contribution in [0.15, 0.2) is 90.5 Å². The first-order chi connectivity index (χ1) is 20.2. The predicted molar refractivity (Wildman–Crippen MR) is 187 cm³/mol. The maximum absolute atomic E-state index is 3.35. The number of halogens is 2. The van der Waals surface area contributed by atoms with Gasteiger partial charge in [0.05, 0.1) is 0 Å². The number of allylic oxidation sites excluding steroid dienone is 6. The summed E-state index contributed by atoms with van der Waals surface area (Å²) >= 11 is 1.51. The first-order valence-electron chi connectivity index (χ1n) is 15.7. The Bertz CT molecular complexity index is 1720. The molecule has 3 heteroatoms. The number of rotatable bonds is 2. The van der Waals surface area contributed by atoms with E-state index in [1.807, 2.05) is 6.07 Å². The fraction of sp³-hybridized carbons (Fsp3) is 0.333. The smallest absolute Gasteiger partial charge is 1.00 e. The van der Waals surface area contributed by atoms with E-state index in [1.165, 1.54) is 88.8 Å². The molecule has 1 atom stereocenters. The molecule has 0 fully saturated rings. The van der Waals surface area contributed by atoms with Crippen LogP contribution in [0.4, 0.5) is 0 Å². The summed E-state index contributed by atoms with van der Waals surface area (Å²) in [4.78, 5) is 0. The van der Waals surface area contributed by atoms with Gasteiger partial charge < -0.3 is 24.8 Å². The van der Waals surface area contributed by atoms with Crippen LogP contribution in [0.5, 0.6) is 0 Å². The SMILES string of the molecule is CC1(C)C=Cc2cc3c(cc21)[cH-]c1cc2c(cc13)C=CC2(C)C.CCC1[C-]=CC(C(C)(C)C)=C1.C[C](=[Zr+2])c1ccccc1.[Cl-].[Cl-]. The van der Waals surface area contributed by atoms with Crippen LogP contribution in [-0.2, 0) is 35.1 Å². The third-order valence-electron chi connectivity index (χ3n) is 9.14. The molecule has 0 bridgehead atoms. The molecule has 234 valence electrons. The molecule has 0 aromatic heterocycles. The van der Waals surface area contributed by atoms with Crippen LogP contribution in [-0.4, -0.2) is 3.21 Å². The Balaban J connectivity index is 0.000000212. The van der Waals surface area contributed by atoms with Crippen molar-refractivity contribution in [2.24, 2.45) is 11.3 Å². The summed E-state index contributed by atoms with van der Waals surface area (Å²) in [6.07, 6.45) is 18.2. The summed E-state index contributed by atoms with van der Waals surface area (Å²) in [5, 5.41) is 5.53. The zero-order chi connectivity index (χ0) is 31.2. The molecule has 0 radical (unpaired) electrons. The van der Waals surface area contributed by atoms with Gasteiger partial charge in [0.25, 0.3) is 0 Å². The number of hydrogen-bond donors (Lipinski definition) is 0. The Morgan fingerprint density at radius 3 is 1.67 bits per heavy atom. The van der Waals surface area contributed by atoms with Crippen molar-refractivity contribution >= 4 is 36.9 Å². The van der Waals surface area contributed by atoms with Crippen molar-refractivity contribution in [2.75, 3.05) is 0 Å². The molecule has 3 aliphatic carbocycles. The maximum Gasteiger partial charge on any atom is -1.00 e. The largest absolute Gasteiger partial charge is 1.00 e. The first kappa shape index (κ1) is 37.3. The van der Waals surface area contributed by atoms with Gasteiger partial charge in [-0.05, 0) is 11.1 Å². The molecule has 0 heterocycles. The minimum atomic E-state index is 0. The molecule has 4 aromatic carbocycles. The van der Waals surface area contributed by atoms with Crippen molar-refractivity contribution < 1.29 is 49.0 Å². The fourth-order valence-electron chi connectivity index (χ4n) is 6.21. The summed E-state index contributed by atoms with van der Waals surface area (Å²) < 4.78 is 1.46. The summed E-state index contributed by atoms with van der Waals surface area (Å²) in [6.45, 7) is 20.3. The number of benzene rings is 3. The minimum Gasteiger partial charge on any atom is -1.00 e. The van der Waals surface area contributed by atoms with E-state index < -0.39 is 0 Å². The normalized spacial score (nSPS) is 17.8. The van der Waals surface area contributed by atoms with E-state index in [9.17, 15) is 0 Å². The van der Waals surface area contributed by atoms with Crippen molar-refractivity contribution in [2.45, 2.75) is 79.6 Å². The van der Waals surface area contributed by atoms with Crippen LogP contribution in [0, 0.1) is 17.4 Å². The second kappa shape index (κ2) is 14.3. The van der Waals surface area contributed by atoms with Crippen molar-refractivity contribution in [3.63, 3.8) is 0 Å². The van der Waals surface area contributed by atoms with E-state index in [1.54, 1.807) is 0 Å². The standard InChI is InChI=1S/C23H21.C11H17.C8H8.2ClH.Zr/c1-22(2)7-5-14-10-18-16(12-20(14)22)9-17-13-21-15(11-19(17)18)6-8-23(21,3)4;1-5-9-6-7-10(8-9)11(2,3)4;1-2-8-6-4-3-5-7-8;;;/h5-13H,1-4H3;7-9H,5H2,1-4H3;3-7H,1H3;2*1H;/q2*-1;;;;+2/p-2. The molecule has 0 aliphatic heterocycles. The van der Waals surface area contributed by atoms with Crippen LogP contribution in [0.2, 0.25) is 0 Å². The van der Waals surface area contributed by atoms with Gasteiger partial charge in [0, 0.05) is 10.8 Å². The Morgan fingerprint density at radius 1 is 0.822 bits per heavy atom. The Kier molecular flexibility index (Phi) is 11.8. The Hall–Kier alpha value is -2.18. The van der Waals surface area contributed by atoms with E-state index in [2.05, 4.69) is 159 Å². The second-order valence-electron chi connectivity index (χ2n) is 14.5. The Morgan fingerprint density at radius 2 is 1.31 bits per heavy atom. The van der Waals surface area contributed by atoms with Gasteiger partial charge in [0.2, 0.25) is 0 Å². The molecule has 1 unspecified atom stereocenters. The molecule has 7 rings (SSSR count). The molecule has 0 saturated carbocycles. The topological polar surface area (TPSA) is 0 Å². The summed E-state index contributed by atoms with van der Waals surface area (Å²) in [7, 11) is 0. The van der Waals surface area contributed by atoms with E-state index >= 15 is 0 Å². The van der Waals surface area contributed by atoms with Crippen LogP contribution >= 0.6 is 0 Å². The quantitative estimate of drug-likeness (QED) is 0.243. The zero-order valence-electron chi connectivity index (χ0n) is 28.3. The van der Waals surface area contributed by atoms with Gasteiger partial charge in [-0.3, -0.25) is 6.08 Å². The van der Waals surface area contributed by atoms with Gasteiger partial charge in [-0.25, -0.2) is 6.08 Å². The van der Waals surface area contributed by atoms with Gasteiger partial charge in [-0.2, -0.15) is 11.6 Å². The van der Waals surface area contributed by atoms with Crippen molar-refractivity contribution in [1.29, 1.82) is 0 Å². The van der Waals surface area contributed by atoms with E-state index in [4.69, 9.17) is 0 Å². The average molecular weight is 713 g/mol. The van der Waals surface area contributed by atoms with Crippen LogP contribution in [0.1, 0.15) is 96.6 Å². The van der Waals surface area contributed by atoms with Crippen LogP contribution < -0.4 is 24.8 Å². The van der Waals surface area contributed by atoms with Gasteiger partial charge >= 0.3 is 70.3 Å². The zero-order valence-corrected chi connectivity index (χ0v) is 32.2. The molecule has 0 N–H and O–H groups in total. The summed E-state index contributed by atoms with van der Waals surface area (Å²) in [5.74, 6) is 0.573. The van der Waals surface area contributed by atoms with Crippen molar-refractivity contribution in [3.8, 4) is 0 Å². The summed E-state index contributed by atoms with van der Waals surface area (Å²) in [5.41, 5.74) is 9.08. The van der Waals surface area contributed by atoms with Crippen molar-refractivity contribution in [1.82, 2.24) is 0 Å². The minimum absolute atomic E-state index is 0. The van der Waals surface area contributed by atoms with Crippen LogP contribution in [0.25, 0.3) is 33.7 Å². The molecular formula is C42H46Cl2Zr-2. The molecule has 45 heavy (non-hydrogen) atoms. The van der Waals surface area contributed by atoms with Gasteiger partial charge in [0.15, 0.2) is 0 Å². The molecule has 0 amide bonds. The molecule has 3 aliphatic rings. The molecule has 0 spiro atoms. The van der Waals surface area contributed by atoms with Gasteiger partial charge in [-0.1, -0.05) is 121 Å². The predicted octanol–water partition coefficient (Wildman–Crippen LogP) is 5.46. The van der Waals surface area contributed by atoms with Crippen LogP contribution in [0.3, 0.4) is 0 Å². The Labute approximate surface area is 299 Å². The third-order valence-corrected chi connectivity index (χ3v) is 9.85. The first-order valence-corrected chi connectivity index (χ1v) is 17.0. The molecule has 0 saturated heterocycles. The second-order valence-corrected chi connectivity index (χ2v) is 16.3. The van der Waals surface area contributed by atoms with E-state index in [-0.39, 0.29) is 35.6 Å².